The molecule has 0 aromatic heterocycles. The molecule has 0 aliphatic carbocycles. The highest BCUT2D eigenvalue weighted by molar-refractivity contribution is 7.80. The lowest BCUT2D eigenvalue weighted by atomic mass is 10.1. The number of benzene rings is 2. The van der Waals surface area contributed by atoms with Crippen molar-refractivity contribution in [2.45, 2.75) is 23.3 Å². The Balaban J connectivity index is 2.04. The maximum absolute atomic E-state index is 12.6. The molecule has 2 aromatic carbocycles. The molecule has 1 atom stereocenters. The lowest BCUT2D eigenvalue weighted by Gasteiger charge is -2.28. The molecule has 0 bridgehead atoms. The van der Waals surface area contributed by atoms with Crippen molar-refractivity contribution >= 4 is 63.7 Å². The van der Waals surface area contributed by atoms with Gasteiger partial charge in [0.15, 0.2) is 16.6 Å². The van der Waals surface area contributed by atoms with Crippen LogP contribution in [0, 0.1) is 6.92 Å². The number of carbonyl (C=O) groups excluding carboxylic acids is 1. The van der Waals surface area contributed by atoms with Crippen LogP contribution in [0.15, 0.2) is 42.5 Å². The molecule has 0 unspecified atom stereocenters. The average Bonchev–Trinajstić information content (AvgIpc) is 2.68. The Morgan fingerprint density at radius 2 is 1.73 bits per heavy atom. The van der Waals surface area contributed by atoms with Crippen LogP contribution in [0.1, 0.15) is 11.1 Å². The standard InChI is InChI=1S/C20H22Cl3N3O3S/c1-12-6-4-5-7-14(12)24-19(30)26-18(20(21,22)23)25-17(27)11-13-8-9-15(28-2)16(10-13)29-3/h4-10,18H,11H2,1-3H3,(H,25,27)(H2,24,26,30)/t18-/m0/s1. The smallest absolute Gasteiger partial charge is 0.228 e. The number of alkyl halides is 3. The summed E-state index contributed by atoms with van der Waals surface area (Å²) in [5.41, 5.74) is 2.49. The van der Waals surface area contributed by atoms with Gasteiger partial charge in [-0.05, 0) is 48.5 Å². The summed E-state index contributed by atoms with van der Waals surface area (Å²) in [4.78, 5) is 12.6. The zero-order chi connectivity index (χ0) is 22.3. The van der Waals surface area contributed by atoms with E-state index >= 15 is 0 Å². The van der Waals surface area contributed by atoms with E-state index in [-0.39, 0.29) is 17.4 Å². The molecule has 0 radical (unpaired) electrons. The molecule has 162 valence electrons. The van der Waals surface area contributed by atoms with Crippen molar-refractivity contribution in [1.82, 2.24) is 10.6 Å². The van der Waals surface area contributed by atoms with Crippen LogP contribution in [0.5, 0.6) is 11.5 Å². The number of thiocarbonyl (C=S) groups is 1. The number of amides is 1. The molecule has 0 saturated carbocycles. The van der Waals surface area contributed by atoms with Crippen molar-refractivity contribution in [3.63, 3.8) is 0 Å². The number of halogens is 3. The van der Waals surface area contributed by atoms with Gasteiger partial charge in [0.05, 0.1) is 20.6 Å². The first-order chi connectivity index (χ1) is 14.1. The van der Waals surface area contributed by atoms with Gasteiger partial charge < -0.3 is 25.4 Å². The van der Waals surface area contributed by atoms with Crippen molar-refractivity contribution < 1.29 is 14.3 Å². The van der Waals surface area contributed by atoms with Gasteiger partial charge in [0.2, 0.25) is 9.70 Å². The van der Waals surface area contributed by atoms with Crippen LogP contribution in [0.2, 0.25) is 0 Å². The maximum atomic E-state index is 12.6. The molecular weight excluding hydrogens is 469 g/mol. The molecule has 2 rings (SSSR count). The molecule has 30 heavy (non-hydrogen) atoms. The van der Waals surface area contributed by atoms with Crippen LogP contribution >= 0.6 is 47.0 Å². The van der Waals surface area contributed by atoms with Crippen molar-refractivity contribution in [2.24, 2.45) is 0 Å². The molecule has 0 aliphatic heterocycles. The average molecular weight is 491 g/mol. The van der Waals surface area contributed by atoms with Gasteiger partial charge in [-0.25, -0.2) is 0 Å². The second-order valence-corrected chi connectivity index (χ2v) is 9.10. The van der Waals surface area contributed by atoms with Gasteiger partial charge in [-0.2, -0.15) is 0 Å². The molecule has 2 aromatic rings. The number of hydrogen-bond donors (Lipinski definition) is 3. The fourth-order valence-corrected chi connectivity index (χ4v) is 3.15. The van der Waals surface area contributed by atoms with Gasteiger partial charge in [0.25, 0.3) is 0 Å². The number of rotatable bonds is 7. The number of ether oxygens (including phenoxy) is 2. The summed E-state index contributed by atoms with van der Waals surface area (Å²) < 4.78 is 8.61. The molecule has 0 heterocycles. The SMILES string of the molecule is COc1ccc(CC(=O)N[C@@H](NC(=S)Nc2ccccc2C)C(Cl)(Cl)Cl)cc1OC. The Hall–Kier alpha value is -1.93. The molecule has 0 saturated heterocycles. The second-order valence-electron chi connectivity index (χ2n) is 6.32. The summed E-state index contributed by atoms with van der Waals surface area (Å²) in [7, 11) is 3.06. The van der Waals surface area contributed by atoms with Gasteiger partial charge in [0, 0.05) is 5.69 Å². The second kappa shape index (κ2) is 10.9. The third-order valence-corrected chi connectivity index (χ3v) is 4.99. The fraction of sp³-hybridized carbons (Fsp3) is 0.300. The first-order valence-electron chi connectivity index (χ1n) is 8.84. The Morgan fingerprint density at radius 1 is 1.07 bits per heavy atom. The summed E-state index contributed by atoms with van der Waals surface area (Å²) >= 11 is 23.4. The predicted octanol–water partition coefficient (Wildman–Crippen LogP) is 4.35. The summed E-state index contributed by atoms with van der Waals surface area (Å²) in [6, 6.07) is 12.8. The Morgan fingerprint density at radius 3 is 2.33 bits per heavy atom. The molecule has 1 amide bonds. The molecular formula is C20H22Cl3N3O3S. The highest BCUT2D eigenvalue weighted by Gasteiger charge is 2.34. The minimum atomic E-state index is -1.84. The summed E-state index contributed by atoms with van der Waals surface area (Å²) in [5.74, 6) is 0.710. The molecule has 3 N–H and O–H groups in total. The molecule has 0 aliphatic rings. The number of nitrogens with one attached hydrogen (secondary N) is 3. The van der Waals surface area contributed by atoms with Crippen molar-refractivity contribution in [3.8, 4) is 11.5 Å². The van der Waals surface area contributed by atoms with E-state index in [0.29, 0.717) is 17.1 Å². The fourth-order valence-electron chi connectivity index (χ4n) is 2.59. The molecule has 0 fully saturated rings. The van der Waals surface area contributed by atoms with Gasteiger partial charge in [-0.1, -0.05) is 59.1 Å². The number of methoxy groups -OCH3 is 2. The van der Waals surface area contributed by atoms with Gasteiger partial charge in [0.1, 0.15) is 6.17 Å². The van der Waals surface area contributed by atoms with E-state index in [9.17, 15) is 4.79 Å². The highest BCUT2D eigenvalue weighted by atomic mass is 35.6. The van der Waals surface area contributed by atoms with E-state index in [4.69, 9.17) is 56.5 Å². The minimum absolute atomic E-state index is 0.0390. The number of para-hydroxylation sites is 1. The van der Waals surface area contributed by atoms with E-state index in [1.165, 1.54) is 14.2 Å². The quantitative estimate of drug-likeness (QED) is 0.304. The number of anilines is 1. The first kappa shape index (κ1) is 24.3. The first-order valence-corrected chi connectivity index (χ1v) is 10.4. The molecule has 0 spiro atoms. The summed E-state index contributed by atoms with van der Waals surface area (Å²) in [5, 5.41) is 8.72. The number of hydrogen-bond acceptors (Lipinski definition) is 4. The zero-order valence-electron chi connectivity index (χ0n) is 16.6. The van der Waals surface area contributed by atoms with Crippen LogP contribution in [0.25, 0.3) is 0 Å². The van der Waals surface area contributed by atoms with E-state index in [1.807, 2.05) is 31.2 Å². The van der Waals surface area contributed by atoms with E-state index in [2.05, 4.69) is 16.0 Å². The third-order valence-electron chi connectivity index (χ3n) is 4.11. The lowest BCUT2D eigenvalue weighted by Crippen LogP contribution is -2.56. The van der Waals surface area contributed by atoms with Crippen molar-refractivity contribution in [1.29, 1.82) is 0 Å². The lowest BCUT2D eigenvalue weighted by molar-refractivity contribution is -0.121. The van der Waals surface area contributed by atoms with Crippen LogP contribution in [0.3, 0.4) is 0 Å². The topological polar surface area (TPSA) is 71.6 Å². The van der Waals surface area contributed by atoms with E-state index < -0.39 is 9.96 Å². The molecule has 6 nitrogen and oxygen atoms in total. The van der Waals surface area contributed by atoms with Crippen molar-refractivity contribution in [3.05, 3.63) is 53.6 Å². The van der Waals surface area contributed by atoms with Crippen LogP contribution in [0.4, 0.5) is 5.69 Å². The predicted molar refractivity (Wildman–Crippen MR) is 126 cm³/mol. The van der Waals surface area contributed by atoms with Crippen LogP contribution < -0.4 is 25.4 Å². The Bertz CT molecular complexity index is 906. The Labute approximate surface area is 196 Å². The van der Waals surface area contributed by atoms with E-state index in [1.54, 1.807) is 18.2 Å². The number of carbonyl (C=O) groups is 1. The normalized spacial score (nSPS) is 11.9. The highest BCUT2D eigenvalue weighted by Crippen LogP contribution is 2.30. The zero-order valence-corrected chi connectivity index (χ0v) is 19.7. The summed E-state index contributed by atoms with van der Waals surface area (Å²) in [6.07, 6.45) is -1.02. The van der Waals surface area contributed by atoms with Gasteiger partial charge >= 0.3 is 0 Å². The Kier molecular flexibility index (Phi) is 8.85. The van der Waals surface area contributed by atoms with Crippen LogP contribution in [-0.4, -0.2) is 35.2 Å². The van der Waals surface area contributed by atoms with Gasteiger partial charge in [-0.3, -0.25) is 4.79 Å². The minimum Gasteiger partial charge on any atom is -0.493 e. The van der Waals surface area contributed by atoms with Crippen molar-refractivity contribution in [2.75, 3.05) is 19.5 Å². The van der Waals surface area contributed by atoms with Crippen LogP contribution in [-0.2, 0) is 11.2 Å². The third kappa shape index (κ3) is 7.09. The monoisotopic (exact) mass is 489 g/mol. The van der Waals surface area contributed by atoms with Gasteiger partial charge in [-0.15, -0.1) is 0 Å². The van der Waals surface area contributed by atoms with E-state index in [0.717, 1.165) is 11.3 Å². The summed E-state index contributed by atoms with van der Waals surface area (Å²) in [6.45, 7) is 1.93. The number of aryl methyl sites for hydroxylation is 1. The largest absolute Gasteiger partial charge is 0.493 e. The maximum Gasteiger partial charge on any atom is 0.228 e. The molecule has 10 heteroatoms.